The SMILES string of the molecule is C[C@]12CC[C@H](O)C[C@H]1CCC1C2CC[C@]2(C)[C@@H](/C=C/C=N/N=C(N)N)CC[C@]12O. The molecular weight excluding hydrogens is 364 g/mol. The van der Waals surface area contributed by atoms with Gasteiger partial charge in [0.05, 0.1) is 11.7 Å². The van der Waals surface area contributed by atoms with E-state index in [0.29, 0.717) is 23.7 Å². The Morgan fingerprint density at radius 3 is 2.55 bits per heavy atom. The van der Waals surface area contributed by atoms with Crippen molar-refractivity contribution in [2.75, 3.05) is 0 Å². The van der Waals surface area contributed by atoms with Crippen LogP contribution in [0.5, 0.6) is 0 Å². The maximum atomic E-state index is 12.1. The van der Waals surface area contributed by atoms with E-state index in [1.54, 1.807) is 6.21 Å². The van der Waals surface area contributed by atoms with Crippen molar-refractivity contribution < 1.29 is 10.2 Å². The molecule has 4 saturated carbocycles. The third-order valence-corrected chi connectivity index (χ3v) is 9.57. The molecule has 0 spiro atoms. The highest BCUT2D eigenvalue weighted by atomic mass is 16.3. The Bertz CT molecular complexity index is 718. The number of hydrogen-bond acceptors (Lipinski definition) is 4. The zero-order valence-electron chi connectivity index (χ0n) is 17.9. The molecule has 0 saturated heterocycles. The van der Waals surface area contributed by atoms with E-state index in [4.69, 9.17) is 11.5 Å². The van der Waals surface area contributed by atoms with Gasteiger partial charge in [-0.2, -0.15) is 5.10 Å². The highest BCUT2D eigenvalue weighted by molar-refractivity contribution is 5.77. The van der Waals surface area contributed by atoms with E-state index < -0.39 is 5.60 Å². The zero-order chi connectivity index (χ0) is 20.9. The Kier molecular flexibility index (Phi) is 5.31. The molecule has 0 aromatic heterocycles. The van der Waals surface area contributed by atoms with Crippen LogP contribution in [0.15, 0.2) is 22.4 Å². The molecule has 2 unspecified atom stereocenters. The van der Waals surface area contributed by atoms with Gasteiger partial charge >= 0.3 is 0 Å². The van der Waals surface area contributed by atoms with Crippen LogP contribution >= 0.6 is 0 Å². The summed E-state index contributed by atoms with van der Waals surface area (Å²) in [5.74, 6) is 1.88. The van der Waals surface area contributed by atoms with Crippen LogP contribution in [0.4, 0.5) is 0 Å². The summed E-state index contributed by atoms with van der Waals surface area (Å²) in [6.07, 6.45) is 15.0. The fraction of sp³-hybridized carbons (Fsp3) is 0.826. The molecule has 4 rings (SSSR count). The zero-order valence-corrected chi connectivity index (χ0v) is 17.9. The van der Waals surface area contributed by atoms with E-state index >= 15 is 0 Å². The molecule has 0 aliphatic heterocycles. The molecule has 0 bridgehead atoms. The van der Waals surface area contributed by atoms with Crippen LogP contribution in [0, 0.1) is 34.5 Å². The van der Waals surface area contributed by atoms with Crippen molar-refractivity contribution in [3.8, 4) is 0 Å². The first kappa shape index (κ1) is 20.9. The van der Waals surface area contributed by atoms with Gasteiger partial charge in [-0.15, -0.1) is 5.10 Å². The summed E-state index contributed by atoms with van der Waals surface area (Å²) in [7, 11) is 0. The standard InChI is InChI=1S/C23H38N4O2/c1-21-10-8-17(28)14-16(21)5-6-19-18(21)9-11-22(2)15(7-12-23(19,22)29)4-3-13-26-27-20(24)25/h3-4,13,15-19,28-29H,5-12,14H2,1-2H3,(H4,24,25,27)/b4-3+,26-13+/t15-,16+,17-,18?,19?,21-,22+,23-/m0/s1. The molecule has 0 aromatic carbocycles. The van der Waals surface area contributed by atoms with Crippen LogP contribution in [0.3, 0.4) is 0 Å². The topological polar surface area (TPSA) is 117 Å². The average Bonchev–Trinajstić information content (AvgIpc) is 2.93. The second kappa shape index (κ2) is 7.38. The van der Waals surface area contributed by atoms with Crippen LogP contribution in [-0.4, -0.2) is 34.1 Å². The van der Waals surface area contributed by atoms with Crippen molar-refractivity contribution in [3.63, 3.8) is 0 Å². The third kappa shape index (κ3) is 3.23. The van der Waals surface area contributed by atoms with Crippen LogP contribution in [0.2, 0.25) is 0 Å². The molecule has 4 aliphatic carbocycles. The maximum Gasteiger partial charge on any atom is 0.211 e. The summed E-state index contributed by atoms with van der Waals surface area (Å²) in [6.45, 7) is 4.76. The molecule has 0 aromatic rings. The Morgan fingerprint density at radius 1 is 1.00 bits per heavy atom. The summed E-state index contributed by atoms with van der Waals surface area (Å²) in [4.78, 5) is 0. The second-order valence-corrected chi connectivity index (χ2v) is 10.6. The van der Waals surface area contributed by atoms with Gasteiger partial charge in [0.15, 0.2) is 0 Å². The highest BCUT2D eigenvalue weighted by Gasteiger charge is 2.66. The predicted molar refractivity (Wildman–Crippen MR) is 116 cm³/mol. The molecular formula is C23H38N4O2. The van der Waals surface area contributed by atoms with Crippen molar-refractivity contribution >= 4 is 12.2 Å². The van der Waals surface area contributed by atoms with Gasteiger partial charge < -0.3 is 21.7 Å². The first-order valence-corrected chi connectivity index (χ1v) is 11.4. The van der Waals surface area contributed by atoms with E-state index in [1.165, 1.54) is 6.42 Å². The summed E-state index contributed by atoms with van der Waals surface area (Å²) >= 11 is 0. The molecule has 0 amide bonds. The summed E-state index contributed by atoms with van der Waals surface area (Å²) in [5, 5.41) is 29.8. The molecule has 4 fully saturated rings. The van der Waals surface area contributed by atoms with Crippen LogP contribution in [0.25, 0.3) is 0 Å². The van der Waals surface area contributed by atoms with Gasteiger partial charge in [-0.25, -0.2) is 0 Å². The average molecular weight is 403 g/mol. The summed E-state index contributed by atoms with van der Waals surface area (Å²) < 4.78 is 0. The number of allylic oxidation sites excluding steroid dienone is 2. The molecule has 162 valence electrons. The van der Waals surface area contributed by atoms with Gasteiger partial charge in [0.25, 0.3) is 0 Å². The van der Waals surface area contributed by atoms with Crippen LogP contribution < -0.4 is 11.5 Å². The molecule has 8 atom stereocenters. The van der Waals surface area contributed by atoms with E-state index in [-0.39, 0.29) is 22.9 Å². The van der Waals surface area contributed by atoms with Gasteiger partial charge in [-0.3, -0.25) is 0 Å². The Balaban J connectivity index is 1.54. The fourth-order valence-corrected chi connectivity index (χ4v) is 7.87. The minimum atomic E-state index is -0.591. The smallest absolute Gasteiger partial charge is 0.211 e. The Morgan fingerprint density at radius 2 is 1.79 bits per heavy atom. The van der Waals surface area contributed by atoms with E-state index in [1.807, 2.05) is 6.08 Å². The van der Waals surface area contributed by atoms with E-state index in [0.717, 1.165) is 51.4 Å². The maximum absolute atomic E-state index is 12.1. The van der Waals surface area contributed by atoms with Gasteiger partial charge in [-0.05, 0) is 93.0 Å². The summed E-state index contributed by atoms with van der Waals surface area (Å²) in [6, 6.07) is 0. The molecule has 6 N–H and O–H groups in total. The monoisotopic (exact) mass is 402 g/mol. The molecule has 29 heavy (non-hydrogen) atoms. The third-order valence-electron chi connectivity index (χ3n) is 9.57. The Hall–Kier alpha value is -1.40. The molecule has 0 heterocycles. The van der Waals surface area contributed by atoms with Crippen molar-refractivity contribution in [3.05, 3.63) is 12.2 Å². The van der Waals surface area contributed by atoms with Crippen molar-refractivity contribution in [2.24, 2.45) is 56.2 Å². The second-order valence-electron chi connectivity index (χ2n) is 10.6. The lowest BCUT2D eigenvalue weighted by Crippen LogP contribution is -2.62. The lowest BCUT2D eigenvalue weighted by atomic mass is 9.43. The van der Waals surface area contributed by atoms with Gasteiger partial charge in [0, 0.05) is 11.6 Å². The van der Waals surface area contributed by atoms with Crippen molar-refractivity contribution in [1.82, 2.24) is 0 Å². The predicted octanol–water partition coefficient (Wildman–Crippen LogP) is 2.94. The van der Waals surface area contributed by atoms with E-state index in [9.17, 15) is 10.2 Å². The van der Waals surface area contributed by atoms with E-state index in [2.05, 4.69) is 30.1 Å². The van der Waals surface area contributed by atoms with Gasteiger partial charge in [0.2, 0.25) is 5.96 Å². The normalized spacial score (nSPS) is 49.6. The number of guanidine groups is 1. The van der Waals surface area contributed by atoms with Gasteiger partial charge in [-0.1, -0.05) is 19.9 Å². The molecule has 6 heteroatoms. The molecule has 6 nitrogen and oxygen atoms in total. The first-order valence-electron chi connectivity index (χ1n) is 11.4. The van der Waals surface area contributed by atoms with Crippen LogP contribution in [-0.2, 0) is 0 Å². The number of rotatable bonds is 3. The van der Waals surface area contributed by atoms with Crippen molar-refractivity contribution in [2.45, 2.75) is 83.3 Å². The highest BCUT2D eigenvalue weighted by Crippen LogP contribution is 2.69. The Labute approximate surface area is 174 Å². The minimum Gasteiger partial charge on any atom is -0.393 e. The molecule has 4 aliphatic rings. The number of nitrogens with zero attached hydrogens (tertiary/aromatic N) is 2. The quantitative estimate of drug-likeness (QED) is 0.330. The van der Waals surface area contributed by atoms with Gasteiger partial charge in [0.1, 0.15) is 0 Å². The number of aliphatic hydroxyl groups excluding tert-OH is 1. The summed E-state index contributed by atoms with van der Waals surface area (Å²) in [5.41, 5.74) is 10.2. The van der Waals surface area contributed by atoms with Crippen LogP contribution in [0.1, 0.15) is 71.6 Å². The fourth-order valence-electron chi connectivity index (χ4n) is 7.87. The lowest BCUT2D eigenvalue weighted by molar-refractivity contribution is -0.207. The molecule has 0 radical (unpaired) electrons. The number of nitrogens with two attached hydrogens (primary N) is 2. The number of fused-ring (bicyclic) bond motifs is 5. The van der Waals surface area contributed by atoms with Crippen molar-refractivity contribution in [1.29, 1.82) is 0 Å². The number of hydrogen-bond donors (Lipinski definition) is 4. The largest absolute Gasteiger partial charge is 0.393 e. The first-order chi connectivity index (χ1) is 13.7. The number of aliphatic hydroxyl groups is 2. The minimum absolute atomic E-state index is 0.0468. The lowest BCUT2D eigenvalue weighted by Gasteiger charge is -2.63.